The molecule has 0 spiro atoms. The zero-order valence-electron chi connectivity index (χ0n) is 13.7. The maximum absolute atomic E-state index is 5.80. The number of benzene rings is 1. The van der Waals surface area contributed by atoms with Gasteiger partial charge < -0.3 is 13.4 Å². The molecule has 7 nitrogen and oxygen atoms in total. The summed E-state index contributed by atoms with van der Waals surface area (Å²) in [6, 6.07) is 13.4. The van der Waals surface area contributed by atoms with Gasteiger partial charge in [0.25, 0.3) is 0 Å². The Bertz CT molecular complexity index is 962. The van der Waals surface area contributed by atoms with E-state index in [1.807, 2.05) is 61.0 Å². The van der Waals surface area contributed by atoms with Gasteiger partial charge in [0.2, 0.25) is 11.8 Å². The molecule has 0 aliphatic heterocycles. The van der Waals surface area contributed by atoms with Crippen LogP contribution >= 0.6 is 11.8 Å². The minimum atomic E-state index is -0.0580. The summed E-state index contributed by atoms with van der Waals surface area (Å²) in [5.41, 5.74) is 0.900. The second-order valence-corrected chi connectivity index (χ2v) is 6.72. The Hall–Kier alpha value is -2.87. The molecule has 0 N–H and O–H groups in total. The zero-order chi connectivity index (χ0) is 17.2. The second kappa shape index (κ2) is 6.56. The minimum Gasteiger partial charge on any atom is -0.461 e. The summed E-state index contributed by atoms with van der Waals surface area (Å²) in [5.74, 6) is 2.41. The Kier molecular flexibility index (Phi) is 4.10. The molecule has 0 saturated carbocycles. The molecule has 0 bridgehead atoms. The maximum Gasteiger partial charge on any atom is 0.247 e. The van der Waals surface area contributed by atoms with Crippen molar-refractivity contribution >= 4 is 11.8 Å². The monoisotopic (exact) mass is 353 g/mol. The third-order valence-corrected chi connectivity index (χ3v) is 4.79. The highest BCUT2D eigenvalue weighted by molar-refractivity contribution is 7.99. The van der Waals surface area contributed by atoms with Gasteiger partial charge in [-0.2, -0.15) is 0 Å². The van der Waals surface area contributed by atoms with E-state index in [0.29, 0.717) is 23.4 Å². The van der Waals surface area contributed by atoms with Crippen molar-refractivity contribution in [3.05, 3.63) is 54.6 Å². The molecule has 4 aromatic rings. The number of furan rings is 1. The van der Waals surface area contributed by atoms with E-state index in [0.717, 1.165) is 10.7 Å². The largest absolute Gasteiger partial charge is 0.461 e. The predicted molar refractivity (Wildman–Crippen MR) is 92.7 cm³/mol. The molecular weight excluding hydrogens is 338 g/mol. The van der Waals surface area contributed by atoms with Crippen molar-refractivity contribution in [3.63, 3.8) is 0 Å². The molecule has 3 heterocycles. The van der Waals surface area contributed by atoms with E-state index < -0.39 is 0 Å². The van der Waals surface area contributed by atoms with Gasteiger partial charge in [0, 0.05) is 12.6 Å². The highest BCUT2D eigenvalue weighted by Crippen LogP contribution is 2.35. The van der Waals surface area contributed by atoms with E-state index in [9.17, 15) is 0 Å². The van der Waals surface area contributed by atoms with Gasteiger partial charge in [-0.1, -0.05) is 30.0 Å². The quantitative estimate of drug-likeness (QED) is 0.502. The van der Waals surface area contributed by atoms with Gasteiger partial charge in [0.15, 0.2) is 16.7 Å². The van der Waals surface area contributed by atoms with Crippen LogP contribution in [-0.4, -0.2) is 25.0 Å². The molecule has 4 rings (SSSR count). The summed E-state index contributed by atoms with van der Waals surface area (Å²) in [7, 11) is 1.90. The average molecular weight is 353 g/mol. The number of thioether (sulfide) groups is 1. The SMILES string of the molecule is CC(Sc1nnc(-c2ccco2)n1C)c1nnc(-c2ccccc2)o1. The lowest BCUT2D eigenvalue weighted by molar-refractivity contribution is 0.508. The lowest BCUT2D eigenvalue weighted by atomic mass is 10.2. The van der Waals surface area contributed by atoms with Crippen molar-refractivity contribution in [2.24, 2.45) is 7.05 Å². The molecule has 1 aromatic carbocycles. The van der Waals surface area contributed by atoms with E-state index in [-0.39, 0.29) is 5.25 Å². The molecule has 0 aliphatic rings. The van der Waals surface area contributed by atoms with Gasteiger partial charge in [-0.05, 0) is 31.2 Å². The molecule has 0 fully saturated rings. The van der Waals surface area contributed by atoms with E-state index in [1.165, 1.54) is 11.8 Å². The lowest BCUT2D eigenvalue weighted by Crippen LogP contribution is -1.96. The Labute approximate surface area is 148 Å². The number of hydrogen-bond acceptors (Lipinski definition) is 7. The fourth-order valence-electron chi connectivity index (χ4n) is 2.34. The fraction of sp³-hybridized carbons (Fsp3) is 0.176. The first-order chi connectivity index (χ1) is 12.2. The molecule has 0 amide bonds. The smallest absolute Gasteiger partial charge is 0.247 e. The van der Waals surface area contributed by atoms with Gasteiger partial charge in [-0.15, -0.1) is 20.4 Å². The summed E-state index contributed by atoms with van der Waals surface area (Å²) >= 11 is 1.50. The molecule has 126 valence electrons. The van der Waals surface area contributed by atoms with Crippen LogP contribution in [0.1, 0.15) is 18.1 Å². The number of aromatic nitrogens is 5. The van der Waals surface area contributed by atoms with E-state index in [1.54, 1.807) is 6.26 Å². The summed E-state index contributed by atoms with van der Waals surface area (Å²) in [6.07, 6.45) is 1.61. The van der Waals surface area contributed by atoms with Gasteiger partial charge in [0.1, 0.15) is 0 Å². The standard InChI is InChI=1S/C17H15N5O2S/c1-11(15-19-20-16(24-15)12-7-4-3-5-8-12)25-17-21-18-14(22(17)2)13-9-6-10-23-13/h3-11H,1-2H3. The van der Waals surface area contributed by atoms with Crippen molar-refractivity contribution in [2.75, 3.05) is 0 Å². The molecule has 8 heteroatoms. The Morgan fingerprint density at radius 2 is 1.84 bits per heavy atom. The molecule has 1 unspecified atom stereocenters. The fourth-order valence-corrected chi connectivity index (χ4v) is 3.19. The van der Waals surface area contributed by atoms with Crippen molar-refractivity contribution < 1.29 is 8.83 Å². The number of rotatable bonds is 5. The number of nitrogens with zero attached hydrogens (tertiary/aromatic N) is 5. The Morgan fingerprint density at radius 1 is 1.00 bits per heavy atom. The van der Waals surface area contributed by atoms with Crippen LogP contribution in [0.15, 0.2) is 62.7 Å². The third kappa shape index (κ3) is 3.08. The van der Waals surface area contributed by atoms with Crippen LogP contribution in [0.2, 0.25) is 0 Å². The van der Waals surface area contributed by atoms with E-state index in [4.69, 9.17) is 8.83 Å². The van der Waals surface area contributed by atoms with Crippen molar-refractivity contribution in [3.8, 4) is 23.0 Å². The van der Waals surface area contributed by atoms with Crippen molar-refractivity contribution in [1.29, 1.82) is 0 Å². The Balaban J connectivity index is 1.53. The second-order valence-electron chi connectivity index (χ2n) is 5.41. The molecule has 3 aromatic heterocycles. The zero-order valence-corrected chi connectivity index (χ0v) is 14.5. The van der Waals surface area contributed by atoms with E-state index >= 15 is 0 Å². The third-order valence-electron chi connectivity index (χ3n) is 3.67. The first-order valence-electron chi connectivity index (χ1n) is 7.71. The van der Waals surface area contributed by atoms with E-state index in [2.05, 4.69) is 20.4 Å². The highest BCUT2D eigenvalue weighted by Gasteiger charge is 2.20. The molecule has 0 aliphatic carbocycles. The van der Waals surface area contributed by atoms with Crippen LogP contribution in [0.4, 0.5) is 0 Å². The van der Waals surface area contributed by atoms with Crippen LogP contribution in [0, 0.1) is 0 Å². The van der Waals surface area contributed by atoms with Crippen molar-refractivity contribution in [1.82, 2.24) is 25.0 Å². The van der Waals surface area contributed by atoms with Crippen molar-refractivity contribution in [2.45, 2.75) is 17.3 Å². The Morgan fingerprint density at radius 3 is 2.60 bits per heavy atom. The lowest BCUT2D eigenvalue weighted by Gasteiger charge is -2.06. The molecule has 0 saturated heterocycles. The number of hydrogen-bond donors (Lipinski definition) is 0. The summed E-state index contributed by atoms with van der Waals surface area (Å²) in [5, 5.41) is 17.4. The normalized spacial score (nSPS) is 12.4. The first kappa shape index (κ1) is 15.6. The van der Waals surface area contributed by atoms with Gasteiger partial charge in [0.05, 0.1) is 11.5 Å². The topological polar surface area (TPSA) is 82.8 Å². The predicted octanol–water partition coefficient (Wildman–Crippen LogP) is 3.98. The highest BCUT2D eigenvalue weighted by atomic mass is 32.2. The summed E-state index contributed by atoms with van der Waals surface area (Å²) < 4.78 is 13.1. The maximum atomic E-state index is 5.80. The molecule has 1 atom stereocenters. The van der Waals surface area contributed by atoms with Crippen LogP contribution in [-0.2, 0) is 7.05 Å². The first-order valence-corrected chi connectivity index (χ1v) is 8.59. The van der Waals surface area contributed by atoms with Gasteiger partial charge in [-0.25, -0.2) is 0 Å². The van der Waals surface area contributed by atoms with Crippen LogP contribution in [0.5, 0.6) is 0 Å². The van der Waals surface area contributed by atoms with Crippen LogP contribution in [0.25, 0.3) is 23.0 Å². The average Bonchev–Trinajstić information content (AvgIpc) is 3.37. The molecule has 0 radical (unpaired) electrons. The van der Waals surface area contributed by atoms with Crippen LogP contribution in [0.3, 0.4) is 0 Å². The van der Waals surface area contributed by atoms with Gasteiger partial charge >= 0.3 is 0 Å². The summed E-state index contributed by atoms with van der Waals surface area (Å²) in [4.78, 5) is 0. The minimum absolute atomic E-state index is 0.0580. The molecular formula is C17H15N5O2S. The summed E-state index contributed by atoms with van der Waals surface area (Å²) in [6.45, 7) is 1.99. The molecule has 25 heavy (non-hydrogen) atoms. The van der Waals surface area contributed by atoms with Crippen LogP contribution < -0.4 is 0 Å². The van der Waals surface area contributed by atoms with Gasteiger partial charge in [-0.3, -0.25) is 0 Å².